The van der Waals surface area contributed by atoms with Crippen molar-refractivity contribution in [1.82, 2.24) is 4.90 Å². The fourth-order valence-electron chi connectivity index (χ4n) is 3.26. The summed E-state index contributed by atoms with van der Waals surface area (Å²) in [4.78, 5) is 4.81. The summed E-state index contributed by atoms with van der Waals surface area (Å²) in [5.41, 5.74) is 3.40. The van der Waals surface area contributed by atoms with Crippen LogP contribution in [0.1, 0.15) is 16.0 Å². The minimum Gasteiger partial charge on any atom is -0.504 e. The van der Waals surface area contributed by atoms with Crippen LogP contribution in [0.4, 0.5) is 0 Å². The summed E-state index contributed by atoms with van der Waals surface area (Å²) in [7, 11) is 0. The largest absolute Gasteiger partial charge is 0.504 e. The maximum absolute atomic E-state index is 10.5. The second-order valence-corrected chi connectivity index (χ2v) is 7.73. The lowest BCUT2D eigenvalue weighted by molar-refractivity contribution is 0.217. The van der Waals surface area contributed by atoms with Gasteiger partial charge in [-0.15, -0.1) is 11.3 Å². The normalized spacial score (nSPS) is 14.6. The van der Waals surface area contributed by atoms with Gasteiger partial charge in [0.05, 0.1) is 0 Å². The number of fused-ring (bicyclic) bond motifs is 1. The third kappa shape index (κ3) is 3.55. The van der Waals surface area contributed by atoms with Gasteiger partial charge >= 0.3 is 0 Å². The molecule has 3 aromatic rings. The van der Waals surface area contributed by atoms with Gasteiger partial charge in [0.2, 0.25) is 0 Å². The highest BCUT2D eigenvalue weighted by Gasteiger charge is 2.20. The third-order valence-corrected chi connectivity index (χ3v) is 5.52. The van der Waals surface area contributed by atoms with Crippen molar-refractivity contribution in [3.63, 3.8) is 0 Å². The van der Waals surface area contributed by atoms with Gasteiger partial charge in [-0.25, -0.2) is 0 Å². The van der Waals surface area contributed by atoms with Crippen LogP contribution in [0.2, 0.25) is 0 Å². The van der Waals surface area contributed by atoms with Crippen LogP contribution in [0.15, 0.2) is 54.6 Å². The Labute approximate surface area is 152 Å². The average Bonchev–Trinajstić information content (AvgIpc) is 2.93. The molecule has 1 aromatic heterocycles. The van der Waals surface area contributed by atoms with Crippen molar-refractivity contribution in [1.29, 1.82) is 0 Å². The zero-order valence-corrected chi connectivity index (χ0v) is 15.1. The molecule has 2 heterocycles. The fourth-order valence-corrected chi connectivity index (χ4v) is 4.12. The standard InChI is InChI=1S/C21H21NO2S/c1-15-7-8-20(25-15)17-11-18-14-22(13-16-5-3-2-4-6-16)9-10-24-21(18)19(23)12-17/h2-8,11-12,23H,9-10,13-14H2,1H3. The molecule has 2 aromatic carbocycles. The summed E-state index contributed by atoms with van der Waals surface area (Å²) >= 11 is 1.74. The highest BCUT2D eigenvalue weighted by Crippen LogP contribution is 2.39. The van der Waals surface area contributed by atoms with Crippen molar-refractivity contribution < 1.29 is 9.84 Å². The summed E-state index contributed by atoms with van der Waals surface area (Å²) in [6, 6.07) is 18.7. The predicted molar refractivity (Wildman–Crippen MR) is 102 cm³/mol. The SMILES string of the molecule is Cc1ccc(-c2cc(O)c3c(c2)CN(Cc2ccccc2)CCO3)s1. The first-order valence-corrected chi connectivity index (χ1v) is 9.32. The quantitative estimate of drug-likeness (QED) is 0.734. The maximum Gasteiger partial charge on any atom is 0.165 e. The van der Waals surface area contributed by atoms with E-state index in [-0.39, 0.29) is 5.75 Å². The van der Waals surface area contributed by atoms with Crippen molar-refractivity contribution in [3.8, 4) is 21.9 Å². The number of phenolic OH excluding ortho intramolecular Hbond substituents is 1. The predicted octanol–water partition coefficient (Wildman–Crippen LogP) is 4.82. The van der Waals surface area contributed by atoms with Crippen LogP contribution < -0.4 is 4.74 Å². The topological polar surface area (TPSA) is 32.7 Å². The van der Waals surface area contributed by atoms with Crippen LogP contribution in [0.25, 0.3) is 10.4 Å². The van der Waals surface area contributed by atoms with Gasteiger partial charge in [-0.1, -0.05) is 30.3 Å². The Bertz CT molecular complexity index is 873. The number of aromatic hydroxyl groups is 1. The number of rotatable bonds is 3. The molecule has 4 heteroatoms. The number of nitrogens with zero attached hydrogens (tertiary/aromatic N) is 1. The zero-order valence-electron chi connectivity index (χ0n) is 14.2. The molecular weight excluding hydrogens is 330 g/mol. The molecule has 0 bridgehead atoms. The van der Waals surface area contributed by atoms with Crippen LogP contribution in [0.5, 0.6) is 11.5 Å². The molecule has 4 rings (SSSR count). The molecule has 0 saturated heterocycles. The molecule has 0 unspecified atom stereocenters. The molecule has 1 aliphatic heterocycles. The van der Waals surface area contributed by atoms with Gasteiger partial charge in [-0.3, -0.25) is 4.90 Å². The first-order chi connectivity index (χ1) is 12.2. The number of benzene rings is 2. The van der Waals surface area contributed by atoms with E-state index < -0.39 is 0 Å². The molecule has 0 saturated carbocycles. The second-order valence-electron chi connectivity index (χ2n) is 6.44. The number of hydrogen-bond acceptors (Lipinski definition) is 4. The highest BCUT2D eigenvalue weighted by molar-refractivity contribution is 7.15. The summed E-state index contributed by atoms with van der Waals surface area (Å²) < 4.78 is 5.85. The van der Waals surface area contributed by atoms with E-state index in [1.807, 2.05) is 12.1 Å². The molecule has 25 heavy (non-hydrogen) atoms. The van der Waals surface area contributed by atoms with Gasteiger partial charge in [0.15, 0.2) is 11.5 Å². The van der Waals surface area contributed by atoms with Crippen LogP contribution in [0.3, 0.4) is 0 Å². The monoisotopic (exact) mass is 351 g/mol. The van der Waals surface area contributed by atoms with Crippen molar-refractivity contribution in [2.24, 2.45) is 0 Å². The van der Waals surface area contributed by atoms with Gasteiger partial charge in [-0.2, -0.15) is 0 Å². The Hall–Kier alpha value is -2.30. The Morgan fingerprint density at radius 1 is 1.12 bits per heavy atom. The lowest BCUT2D eigenvalue weighted by Gasteiger charge is -2.19. The zero-order chi connectivity index (χ0) is 17.2. The molecular formula is C21H21NO2S. The summed E-state index contributed by atoms with van der Waals surface area (Å²) in [6.45, 7) is 5.19. The van der Waals surface area contributed by atoms with Crippen molar-refractivity contribution >= 4 is 11.3 Å². The van der Waals surface area contributed by atoms with E-state index in [1.54, 1.807) is 11.3 Å². The maximum atomic E-state index is 10.5. The molecule has 128 valence electrons. The molecule has 3 nitrogen and oxygen atoms in total. The van der Waals surface area contributed by atoms with Crippen LogP contribution in [0, 0.1) is 6.92 Å². The highest BCUT2D eigenvalue weighted by atomic mass is 32.1. The minimum absolute atomic E-state index is 0.236. The molecule has 1 aliphatic rings. The molecule has 0 atom stereocenters. The third-order valence-electron chi connectivity index (χ3n) is 4.47. The number of aryl methyl sites for hydroxylation is 1. The molecule has 1 N–H and O–H groups in total. The lowest BCUT2D eigenvalue weighted by Crippen LogP contribution is -2.25. The Balaban J connectivity index is 1.64. The Morgan fingerprint density at radius 2 is 1.96 bits per heavy atom. The number of hydrogen-bond donors (Lipinski definition) is 1. The molecule has 0 aliphatic carbocycles. The first kappa shape index (κ1) is 16.2. The molecule has 0 fully saturated rings. The van der Waals surface area contributed by atoms with E-state index in [9.17, 15) is 5.11 Å². The Morgan fingerprint density at radius 3 is 2.72 bits per heavy atom. The molecule has 0 spiro atoms. The van der Waals surface area contributed by atoms with Crippen molar-refractivity contribution in [2.75, 3.05) is 13.2 Å². The van der Waals surface area contributed by atoms with Crippen LogP contribution in [-0.4, -0.2) is 23.2 Å². The lowest BCUT2D eigenvalue weighted by atomic mass is 10.1. The van der Waals surface area contributed by atoms with E-state index >= 15 is 0 Å². The van der Waals surface area contributed by atoms with Gasteiger partial charge in [0.1, 0.15) is 6.61 Å². The summed E-state index contributed by atoms with van der Waals surface area (Å²) in [5, 5.41) is 10.5. The van der Waals surface area contributed by atoms with E-state index in [4.69, 9.17) is 4.74 Å². The van der Waals surface area contributed by atoms with Gasteiger partial charge in [0, 0.05) is 35.0 Å². The van der Waals surface area contributed by atoms with E-state index in [0.717, 1.165) is 30.8 Å². The summed E-state index contributed by atoms with van der Waals surface area (Å²) in [6.07, 6.45) is 0. The van der Waals surface area contributed by atoms with Crippen LogP contribution in [-0.2, 0) is 13.1 Å². The van der Waals surface area contributed by atoms with Gasteiger partial charge in [-0.05, 0) is 42.3 Å². The van der Waals surface area contributed by atoms with Gasteiger partial charge < -0.3 is 9.84 Å². The summed E-state index contributed by atoms with van der Waals surface area (Å²) in [5.74, 6) is 0.868. The van der Waals surface area contributed by atoms with E-state index in [0.29, 0.717) is 12.4 Å². The number of ether oxygens (including phenoxy) is 1. The fraction of sp³-hybridized carbons (Fsp3) is 0.238. The average molecular weight is 351 g/mol. The molecule has 0 amide bonds. The Kier molecular flexibility index (Phi) is 4.47. The van der Waals surface area contributed by atoms with E-state index in [2.05, 4.69) is 54.3 Å². The number of phenols is 1. The first-order valence-electron chi connectivity index (χ1n) is 8.51. The van der Waals surface area contributed by atoms with Crippen molar-refractivity contribution in [3.05, 3.63) is 70.6 Å². The van der Waals surface area contributed by atoms with E-state index in [1.165, 1.54) is 15.3 Å². The minimum atomic E-state index is 0.236. The van der Waals surface area contributed by atoms with Crippen LogP contribution >= 0.6 is 11.3 Å². The smallest absolute Gasteiger partial charge is 0.165 e. The second kappa shape index (κ2) is 6.90. The molecule has 0 radical (unpaired) electrons. The number of thiophene rings is 1. The van der Waals surface area contributed by atoms with Gasteiger partial charge in [0.25, 0.3) is 0 Å². The van der Waals surface area contributed by atoms with Crippen molar-refractivity contribution in [2.45, 2.75) is 20.0 Å².